The zero-order valence-corrected chi connectivity index (χ0v) is 16.5. The number of fused-ring (bicyclic) bond motifs is 2. The molecule has 0 radical (unpaired) electrons. The Morgan fingerprint density at radius 1 is 1.11 bits per heavy atom. The number of hydrogen-bond donors (Lipinski definition) is 0. The fourth-order valence-electron chi connectivity index (χ4n) is 4.45. The van der Waals surface area contributed by atoms with Crippen molar-refractivity contribution in [2.75, 3.05) is 7.11 Å². The number of amides is 1. The maximum Gasteiger partial charge on any atom is 0.268 e. The molecule has 0 bridgehead atoms. The highest BCUT2D eigenvalue weighted by atomic mass is 32.2. The zero-order valence-electron chi connectivity index (χ0n) is 15.7. The third kappa shape index (κ3) is 2.26. The summed E-state index contributed by atoms with van der Waals surface area (Å²) in [5, 5.41) is 0.894. The van der Waals surface area contributed by atoms with E-state index >= 15 is 0 Å². The van der Waals surface area contributed by atoms with Crippen LogP contribution in [0.4, 0.5) is 0 Å². The van der Waals surface area contributed by atoms with E-state index in [1.165, 1.54) is 3.97 Å². The molecule has 28 heavy (non-hydrogen) atoms. The van der Waals surface area contributed by atoms with E-state index < -0.39 is 10.0 Å². The lowest BCUT2D eigenvalue weighted by Gasteiger charge is -2.31. The summed E-state index contributed by atoms with van der Waals surface area (Å²) in [6.07, 6.45) is 2.89. The van der Waals surface area contributed by atoms with E-state index in [-0.39, 0.29) is 16.8 Å². The fourth-order valence-corrected chi connectivity index (χ4v) is 5.84. The molecule has 6 nitrogen and oxygen atoms in total. The molecule has 7 heteroatoms. The molecule has 1 amide bonds. The van der Waals surface area contributed by atoms with Gasteiger partial charge in [-0.15, -0.1) is 0 Å². The topological polar surface area (TPSA) is 68.6 Å². The van der Waals surface area contributed by atoms with Crippen LogP contribution in [0.15, 0.2) is 47.5 Å². The second-order valence-corrected chi connectivity index (χ2v) is 9.23. The Hall–Kier alpha value is -2.80. The van der Waals surface area contributed by atoms with Gasteiger partial charge >= 0.3 is 0 Å². The fraction of sp³-hybridized carbons (Fsp3) is 0.286. The van der Waals surface area contributed by atoms with Crippen LogP contribution < -0.4 is 4.74 Å². The molecule has 144 valence electrons. The first-order valence-corrected chi connectivity index (χ1v) is 10.7. The minimum absolute atomic E-state index is 0.0587. The summed E-state index contributed by atoms with van der Waals surface area (Å²) in [6.45, 7) is 2.35. The molecule has 3 heterocycles. The van der Waals surface area contributed by atoms with E-state index in [4.69, 9.17) is 4.74 Å². The third-order valence-corrected chi connectivity index (χ3v) is 7.50. The van der Waals surface area contributed by atoms with Crippen LogP contribution in [0.2, 0.25) is 0 Å². The summed E-state index contributed by atoms with van der Waals surface area (Å²) >= 11 is 0. The van der Waals surface area contributed by atoms with Gasteiger partial charge in [0.05, 0.1) is 23.6 Å². The van der Waals surface area contributed by atoms with E-state index in [2.05, 4.69) is 0 Å². The van der Waals surface area contributed by atoms with Gasteiger partial charge in [0.2, 0.25) is 5.91 Å². The molecule has 2 aromatic carbocycles. The number of hydrogen-bond acceptors (Lipinski definition) is 4. The highest BCUT2D eigenvalue weighted by Crippen LogP contribution is 2.48. The summed E-state index contributed by atoms with van der Waals surface area (Å²) in [5.41, 5.74) is 3.39. The molecule has 1 saturated heterocycles. The molecule has 1 fully saturated rings. The Balaban J connectivity index is 1.78. The minimum Gasteiger partial charge on any atom is -0.496 e. The van der Waals surface area contributed by atoms with Crippen LogP contribution in [-0.2, 0) is 21.4 Å². The summed E-state index contributed by atoms with van der Waals surface area (Å²) in [7, 11) is -2.14. The predicted octanol–water partition coefficient (Wildman–Crippen LogP) is 3.37. The van der Waals surface area contributed by atoms with Crippen LogP contribution in [0, 0.1) is 6.92 Å². The van der Waals surface area contributed by atoms with Gasteiger partial charge in [0.1, 0.15) is 5.75 Å². The lowest BCUT2D eigenvalue weighted by molar-refractivity contribution is -0.129. The Morgan fingerprint density at radius 3 is 2.57 bits per heavy atom. The van der Waals surface area contributed by atoms with Gasteiger partial charge in [-0.3, -0.25) is 4.79 Å². The Kier molecular flexibility index (Phi) is 3.61. The highest BCUT2D eigenvalue weighted by Gasteiger charge is 2.40. The largest absolute Gasteiger partial charge is 0.496 e. The maximum absolute atomic E-state index is 13.3. The molecule has 0 N–H and O–H groups in total. The number of methoxy groups -OCH3 is 1. The summed E-state index contributed by atoms with van der Waals surface area (Å²) in [4.78, 5) is 14.4. The van der Waals surface area contributed by atoms with Crippen molar-refractivity contribution in [2.24, 2.45) is 0 Å². The summed E-state index contributed by atoms with van der Waals surface area (Å²) in [5.74, 6) is 0.799. The van der Waals surface area contributed by atoms with Crippen molar-refractivity contribution in [1.82, 2.24) is 8.87 Å². The van der Waals surface area contributed by atoms with Gasteiger partial charge in [0.15, 0.2) is 0 Å². The normalized spacial score (nSPS) is 18.6. The Labute approximate surface area is 163 Å². The molecule has 0 aliphatic carbocycles. The quantitative estimate of drug-likeness (QED) is 0.681. The number of aromatic nitrogens is 1. The molecule has 2 aliphatic rings. The standard InChI is InChI=1S/C21H20N2O4S/c1-13-3-5-15(6-4-13)28(25,26)23-12-14-11-22-16(8-10-19(22)24)21-18(27-2)9-7-17(23)20(14)21/h3-7,9,12,16H,8,10-11H2,1-2H3. The van der Waals surface area contributed by atoms with Crippen LogP contribution in [0.5, 0.6) is 5.75 Å². The molecule has 3 aromatic rings. The zero-order chi connectivity index (χ0) is 19.6. The van der Waals surface area contributed by atoms with E-state index in [9.17, 15) is 13.2 Å². The smallest absolute Gasteiger partial charge is 0.268 e. The number of benzene rings is 2. The Morgan fingerprint density at radius 2 is 1.86 bits per heavy atom. The molecule has 5 rings (SSSR count). The number of aryl methyl sites for hydroxylation is 1. The van der Waals surface area contributed by atoms with Crippen molar-refractivity contribution < 1.29 is 17.9 Å². The van der Waals surface area contributed by atoms with E-state index in [0.29, 0.717) is 24.2 Å². The van der Waals surface area contributed by atoms with Crippen LogP contribution >= 0.6 is 0 Å². The van der Waals surface area contributed by atoms with Crippen molar-refractivity contribution >= 4 is 26.8 Å². The maximum atomic E-state index is 13.3. The van der Waals surface area contributed by atoms with Crippen molar-refractivity contribution in [3.63, 3.8) is 0 Å². The van der Waals surface area contributed by atoms with Gasteiger partial charge in [-0.2, -0.15) is 0 Å². The average Bonchev–Trinajstić information content (AvgIpc) is 3.25. The van der Waals surface area contributed by atoms with Crippen LogP contribution in [0.3, 0.4) is 0 Å². The monoisotopic (exact) mass is 396 g/mol. The summed E-state index contributed by atoms with van der Waals surface area (Å²) in [6, 6.07) is 10.4. The van der Waals surface area contributed by atoms with Gasteiger partial charge in [-0.25, -0.2) is 12.4 Å². The molecule has 1 aromatic heterocycles. The van der Waals surface area contributed by atoms with Crippen molar-refractivity contribution in [1.29, 1.82) is 0 Å². The second-order valence-electron chi connectivity index (χ2n) is 7.42. The SMILES string of the molecule is COc1ccc2c3c(cn2S(=O)(=O)c2ccc(C)cc2)CN2C(=O)CCC2c13. The highest BCUT2D eigenvalue weighted by molar-refractivity contribution is 7.90. The molecule has 2 aliphatic heterocycles. The third-order valence-electron chi connectivity index (χ3n) is 5.81. The van der Waals surface area contributed by atoms with E-state index in [0.717, 1.165) is 28.5 Å². The molecule has 1 atom stereocenters. The van der Waals surface area contributed by atoms with Crippen LogP contribution in [0.25, 0.3) is 10.9 Å². The van der Waals surface area contributed by atoms with Gasteiger partial charge in [0, 0.05) is 30.1 Å². The first-order valence-electron chi connectivity index (χ1n) is 9.24. The van der Waals surface area contributed by atoms with Gasteiger partial charge in [-0.05, 0) is 43.2 Å². The Bertz CT molecular complexity index is 1230. The van der Waals surface area contributed by atoms with E-state index in [1.54, 1.807) is 49.7 Å². The lowest BCUT2D eigenvalue weighted by atomic mass is 9.93. The first kappa shape index (κ1) is 17.3. The van der Waals surface area contributed by atoms with Crippen molar-refractivity contribution in [3.8, 4) is 5.75 Å². The molecule has 0 saturated carbocycles. The van der Waals surface area contributed by atoms with Gasteiger partial charge in [0.25, 0.3) is 10.0 Å². The second kappa shape index (κ2) is 5.85. The number of carbonyl (C=O) groups is 1. The first-order chi connectivity index (χ1) is 13.4. The number of ether oxygens (including phenoxy) is 1. The van der Waals surface area contributed by atoms with Crippen LogP contribution in [-0.4, -0.2) is 30.3 Å². The van der Waals surface area contributed by atoms with Crippen molar-refractivity contribution in [3.05, 3.63) is 59.3 Å². The lowest BCUT2D eigenvalue weighted by Crippen LogP contribution is -2.30. The van der Waals surface area contributed by atoms with E-state index in [1.807, 2.05) is 11.8 Å². The number of carbonyl (C=O) groups excluding carboxylic acids is 1. The van der Waals surface area contributed by atoms with Gasteiger partial charge in [-0.1, -0.05) is 17.7 Å². The average molecular weight is 396 g/mol. The number of nitrogens with zero attached hydrogens (tertiary/aromatic N) is 2. The number of rotatable bonds is 3. The molecular weight excluding hydrogens is 376 g/mol. The molecular formula is C21H20N2O4S. The van der Waals surface area contributed by atoms with Gasteiger partial charge < -0.3 is 9.64 Å². The summed E-state index contributed by atoms with van der Waals surface area (Å²) < 4.78 is 33.6. The van der Waals surface area contributed by atoms with Crippen molar-refractivity contribution in [2.45, 2.75) is 37.2 Å². The molecule has 1 unspecified atom stereocenters. The molecule has 0 spiro atoms. The van der Waals surface area contributed by atoms with Crippen LogP contribution in [0.1, 0.15) is 35.6 Å². The predicted molar refractivity (Wildman–Crippen MR) is 105 cm³/mol. The minimum atomic E-state index is -3.74.